The normalized spacial score (nSPS) is 11.3. The SMILES string of the molecule is Cc1ccc2oc3ccc(Cc4ccccc4)cc3c2c1. The second-order valence-corrected chi connectivity index (χ2v) is 5.59. The third-order valence-corrected chi connectivity index (χ3v) is 3.94. The van der Waals surface area contributed by atoms with Gasteiger partial charge in [-0.1, -0.05) is 48.0 Å². The summed E-state index contributed by atoms with van der Waals surface area (Å²) in [6.07, 6.45) is 0.954. The Morgan fingerprint density at radius 2 is 1.43 bits per heavy atom. The zero-order valence-electron chi connectivity index (χ0n) is 12.0. The molecule has 1 heteroatoms. The van der Waals surface area contributed by atoms with E-state index in [2.05, 4.69) is 73.7 Å². The molecule has 0 atom stereocenters. The molecule has 4 aromatic rings. The smallest absolute Gasteiger partial charge is 0.135 e. The first-order chi connectivity index (χ1) is 10.3. The van der Waals surface area contributed by atoms with Crippen molar-refractivity contribution >= 4 is 21.9 Å². The highest BCUT2D eigenvalue weighted by Gasteiger charge is 2.08. The van der Waals surface area contributed by atoms with Gasteiger partial charge in [0.25, 0.3) is 0 Å². The molecule has 1 nitrogen and oxygen atoms in total. The first-order valence-electron chi connectivity index (χ1n) is 7.25. The molecule has 1 heterocycles. The number of benzene rings is 3. The Morgan fingerprint density at radius 1 is 0.714 bits per heavy atom. The first-order valence-corrected chi connectivity index (χ1v) is 7.25. The van der Waals surface area contributed by atoms with Crippen molar-refractivity contribution < 1.29 is 4.42 Å². The fourth-order valence-electron chi connectivity index (χ4n) is 2.88. The van der Waals surface area contributed by atoms with E-state index in [-0.39, 0.29) is 0 Å². The summed E-state index contributed by atoms with van der Waals surface area (Å²) in [5.74, 6) is 0. The fourth-order valence-corrected chi connectivity index (χ4v) is 2.88. The summed E-state index contributed by atoms with van der Waals surface area (Å²) in [7, 11) is 0. The van der Waals surface area contributed by atoms with Crippen LogP contribution in [0.25, 0.3) is 21.9 Å². The summed E-state index contributed by atoms with van der Waals surface area (Å²) in [5.41, 5.74) is 5.84. The Labute approximate surface area is 123 Å². The minimum absolute atomic E-state index is 0.954. The molecule has 0 fully saturated rings. The quantitative estimate of drug-likeness (QED) is 0.470. The van der Waals surface area contributed by atoms with Crippen LogP contribution in [0.1, 0.15) is 16.7 Å². The third-order valence-electron chi connectivity index (χ3n) is 3.94. The lowest BCUT2D eigenvalue weighted by molar-refractivity contribution is 0.668. The molecular weight excluding hydrogens is 256 g/mol. The van der Waals surface area contributed by atoms with Crippen LogP contribution in [0.5, 0.6) is 0 Å². The van der Waals surface area contributed by atoms with Gasteiger partial charge in [-0.15, -0.1) is 0 Å². The van der Waals surface area contributed by atoms with E-state index in [1.54, 1.807) is 0 Å². The van der Waals surface area contributed by atoms with E-state index in [0.29, 0.717) is 0 Å². The lowest BCUT2D eigenvalue weighted by Gasteiger charge is -2.02. The molecule has 102 valence electrons. The van der Waals surface area contributed by atoms with E-state index >= 15 is 0 Å². The molecule has 1 aromatic heterocycles. The maximum atomic E-state index is 5.91. The lowest BCUT2D eigenvalue weighted by Crippen LogP contribution is -1.86. The third kappa shape index (κ3) is 2.21. The summed E-state index contributed by atoms with van der Waals surface area (Å²) in [4.78, 5) is 0. The Balaban J connectivity index is 1.85. The predicted molar refractivity (Wildman–Crippen MR) is 87.7 cm³/mol. The molecule has 4 rings (SSSR count). The standard InChI is InChI=1S/C20H16O/c1-14-7-9-19-17(11-14)18-13-16(8-10-20(18)21-19)12-15-5-3-2-4-6-15/h2-11,13H,12H2,1H3. The minimum atomic E-state index is 0.954. The van der Waals surface area contributed by atoms with Gasteiger partial charge in [-0.2, -0.15) is 0 Å². The number of aryl methyl sites for hydroxylation is 1. The Bertz CT molecular complexity index is 917. The fraction of sp³-hybridized carbons (Fsp3) is 0.100. The second kappa shape index (κ2) is 4.78. The molecule has 3 aromatic carbocycles. The summed E-state index contributed by atoms with van der Waals surface area (Å²) in [6, 6.07) is 23.4. The molecule has 0 aliphatic rings. The monoisotopic (exact) mass is 272 g/mol. The van der Waals surface area contributed by atoms with E-state index in [0.717, 1.165) is 17.6 Å². The van der Waals surface area contributed by atoms with Crippen molar-refractivity contribution in [2.24, 2.45) is 0 Å². The topological polar surface area (TPSA) is 13.1 Å². The van der Waals surface area contributed by atoms with E-state index in [4.69, 9.17) is 4.42 Å². The van der Waals surface area contributed by atoms with Crippen molar-refractivity contribution in [2.45, 2.75) is 13.3 Å². The van der Waals surface area contributed by atoms with Crippen molar-refractivity contribution in [3.63, 3.8) is 0 Å². The number of hydrogen-bond acceptors (Lipinski definition) is 1. The largest absolute Gasteiger partial charge is 0.456 e. The summed E-state index contributed by atoms with van der Waals surface area (Å²) < 4.78 is 5.91. The van der Waals surface area contributed by atoms with Gasteiger partial charge in [0.2, 0.25) is 0 Å². The van der Waals surface area contributed by atoms with Gasteiger partial charge in [0.1, 0.15) is 11.2 Å². The van der Waals surface area contributed by atoms with Crippen LogP contribution in [0.3, 0.4) is 0 Å². The number of furan rings is 1. The van der Waals surface area contributed by atoms with Crippen LogP contribution in [-0.4, -0.2) is 0 Å². The van der Waals surface area contributed by atoms with Crippen molar-refractivity contribution in [1.29, 1.82) is 0 Å². The van der Waals surface area contributed by atoms with Gasteiger partial charge in [0.05, 0.1) is 0 Å². The summed E-state index contributed by atoms with van der Waals surface area (Å²) >= 11 is 0. The van der Waals surface area contributed by atoms with Crippen LogP contribution >= 0.6 is 0 Å². The molecular formula is C20H16O. The van der Waals surface area contributed by atoms with Gasteiger partial charge in [-0.25, -0.2) is 0 Å². The zero-order chi connectivity index (χ0) is 14.2. The average Bonchev–Trinajstić information content (AvgIpc) is 2.86. The van der Waals surface area contributed by atoms with Crippen molar-refractivity contribution in [1.82, 2.24) is 0 Å². The van der Waals surface area contributed by atoms with Crippen molar-refractivity contribution in [3.05, 3.63) is 83.4 Å². The van der Waals surface area contributed by atoms with Crippen LogP contribution in [0.2, 0.25) is 0 Å². The Morgan fingerprint density at radius 3 is 2.24 bits per heavy atom. The predicted octanol–water partition coefficient (Wildman–Crippen LogP) is 5.49. The van der Waals surface area contributed by atoms with Crippen LogP contribution in [0, 0.1) is 6.92 Å². The van der Waals surface area contributed by atoms with Crippen molar-refractivity contribution in [3.8, 4) is 0 Å². The highest BCUT2D eigenvalue weighted by Crippen LogP contribution is 2.30. The first kappa shape index (κ1) is 12.2. The van der Waals surface area contributed by atoms with E-state index in [1.807, 2.05) is 0 Å². The average molecular weight is 272 g/mol. The minimum Gasteiger partial charge on any atom is -0.456 e. The van der Waals surface area contributed by atoms with Gasteiger partial charge in [-0.3, -0.25) is 0 Å². The van der Waals surface area contributed by atoms with Crippen LogP contribution in [0.4, 0.5) is 0 Å². The molecule has 0 bridgehead atoms. The molecule has 0 spiro atoms. The van der Waals surface area contributed by atoms with Crippen LogP contribution in [0.15, 0.2) is 71.1 Å². The van der Waals surface area contributed by atoms with E-state index in [1.165, 1.54) is 27.5 Å². The number of fused-ring (bicyclic) bond motifs is 3. The van der Waals surface area contributed by atoms with Gasteiger partial charge in [-0.05, 0) is 48.7 Å². The maximum absolute atomic E-state index is 5.91. The molecule has 0 saturated carbocycles. The molecule has 0 unspecified atom stereocenters. The number of hydrogen-bond donors (Lipinski definition) is 0. The van der Waals surface area contributed by atoms with Gasteiger partial charge in [0, 0.05) is 10.8 Å². The molecule has 0 saturated heterocycles. The van der Waals surface area contributed by atoms with Gasteiger partial charge >= 0.3 is 0 Å². The zero-order valence-corrected chi connectivity index (χ0v) is 12.0. The van der Waals surface area contributed by atoms with Gasteiger partial charge in [0.15, 0.2) is 0 Å². The Hall–Kier alpha value is -2.54. The molecule has 21 heavy (non-hydrogen) atoms. The summed E-state index contributed by atoms with van der Waals surface area (Å²) in [6.45, 7) is 2.12. The van der Waals surface area contributed by atoms with Crippen molar-refractivity contribution in [2.75, 3.05) is 0 Å². The lowest BCUT2D eigenvalue weighted by atomic mass is 10.0. The van der Waals surface area contributed by atoms with Crippen LogP contribution in [-0.2, 0) is 6.42 Å². The highest BCUT2D eigenvalue weighted by molar-refractivity contribution is 6.05. The highest BCUT2D eigenvalue weighted by atomic mass is 16.3. The second-order valence-electron chi connectivity index (χ2n) is 5.59. The molecule has 0 radical (unpaired) electrons. The maximum Gasteiger partial charge on any atom is 0.135 e. The molecule has 0 N–H and O–H groups in total. The Kier molecular flexibility index (Phi) is 2.78. The van der Waals surface area contributed by atoms with E-state index < -0.39 is 0 Å². The van der Waals surface area contributed by atoms with E-state index in [9.17, 15) is 0 Å². The summed E-state index contributed by atoms with van der Waals surface area (Å²) in [5, 5.41) is 2.42. The number of rotatable bonds is 2. The molecule has 0 amide bonds. The molecule has 0 aliphatic carbocycles. The van der Waals surface area contributed by atoms with Gasteiger partial charge < -0.3 is 4.42 Å². The van der Waals surface area contributed by atoms with Crippen LogP contribution < -0.4 is 0 Å². The molecule has 0 aliphatic heterocycles.